The first-order valence-electron chi connectivity index (χ1n) is 4.40. The van der Waals surface area contributed by atoms with Crippen molar-refractivity contribution >= 4 is 0 Å². The molecule has 0 spiro atoms. The topological polar surface area (TPSA) is 33.1 Å². The van der Waals surface area contributed by atoms with Gasteiger partial charge in [0.1, 0.15) is 0 Å². The zero-order valence-electron chi connectivity index (χ0n) is 8.68. The van der Waals surface area contributed by atoms with Crippen LogP contribution in [0.15, 0.2) is 12.1 Å². The molecule has 2 nitrogen and oxygen atoms in total. The molecule has 84 valence electrons. The second kappa shape index (κ2) is 3.40. The Labute approximate surface area is 85.8 Å². The second-order valence-corrected chi connectivity index (χ2v) is 4.31. The Kier molecular flexibility index (Phi) is 2.67. The zero-order valence-corrected chi connectivity index (χ0v) is 8.68. The van der Waals surface area contributed by atoms with Gasteiger partial charge in [-0.25, -0.2) is 4.98 Å². The van der Waals surface area contributed by atoms with Gasteiger partial charge < -0.3 is 5.11 Å². The van der Waals surface area contributed by atoms with E-state index in [4.69, 9.17) is 5.11 Å². The summed E-state index contributed by atoms with van der Waals surface area (Å²) in [7, 11) is 0. The number of rotatable bonds is 0. The third-order valence-electron chi connectivity index (χ3n) is 1.96. The average Bonchev–Trinajstić information content (AvgIpc) is 2.00. The lowest BCUT2D eigenvalue weighted by Crippen LogP contribution is -2.20. The summed E-state index contributed by atoms with van der Waals surface area (Å²) < 4.78 is 37.8. The second-order valence-electron chi connectivity index (χ2n) is 4.31. The molecule has 15 heavy (non-hydrogen) atoms. The Morgan fingerprint density at radius 3 is 2.07 bits per heavy atom. The van der Waals surface area contributed by atoms with Crippen LogP contribution >= 0.6 is 0 Å². The van der Waals surface area contributed by atoms with Crippen LogP contribution < -0.4 is 0 Å². The Hall–Kier alpha value is -1.26. The maximum Gasteiger partial charge on any atom is 0.433 e. The first kappa shape index (κ1) is 11.8. The van der Waals surface area contributed by atoms with E-state index in [-0.39, 0.29) is 5.56 Å². The normalized spacial score (nSPS) is 12.9. The van der Waals surface area contributed by atoms with Crippen molar-refractivity contribution in [3.8, 4) is 5.88 Å². The molecule has 0 unspecified atom stereocenters. The molecule has 0 saturated carbocycles. The Morgan fingerprint density at radius 1 is 1.13 bits per heavy atom. The van der Waals surface area contributed by atoms with Gasteiger partial charge in [-0.15, -0.1) is 0 Å². The number of aromatic nitrogens is 1. The highest BCUT2D eigenvalue weighted by atomic mass is 19.4. The predicted octanol–water partition coefficient (Wildman–Crippen LogP) is 3.10. The van der Waals surface area contributed by atoms with Crippen LogP contribution in [-0.2, 0) is 11.6 Å². The Balaban J connectivity index is 3.41. The van der Waals surface area contributed by atoms with Gasteiger partial charge in [0.25, 0.3) is 0 Å². The minimum absolute atomic E-state index is 0.0767. The molecule has 0 aliphatic rings. The summed E-state index contributed by atoms with van der Waals surface area (Å²) in [4.78, 5) is 3.14. The summed E-state index contributed by atoms with van der Waals surface area (Å²) >= 11 is 0. The first-order chi connectivity index (χ1) is 6.62. The summed E-state index contributed by atoms with van der Waals surface area (Å²) in [5.41, 5.74) is -1.60. The molecule has 1 aromatic rings. The SMILES string of the molecule is CC(C)(C)c1ccc(O)nc1C(F)(F)F. The van der Waals surface area contributed by atoms with E-state index in [2.05, 4.69) is 4.98 Å². The highest BCUT2D eigenvalue weighted by Gasteiger charge is 2.38. The molecule has 0 fully saturated rings. The fourth-order valence-corrected chi connectivity index (χ4v) is 1.27. The molecular weight excluding hydrogens is 207 g/mol. The van der Waals surface area contributed by atoms with Gasteiger partial charge in [0, 0.05) is 6.07 Å². The molecule has 1 heterocycles. The molecule has 0 aliphatic carbocycles. The maximum atomic E-state index is 12.6. The van der Waals surface area contributed by atoms with Crippen LogP contribution in [-0.4, -0.2) is 10.1 Å². The van der Waals surface area contributed by atoms with Gasteiger partial charge >= 0.3 is 6.18 Å². The van der Waals surface area contributed by atoms with Crippen molar-refractivity contribution in [1.82, 2.24) is 4.98 Å². The van der Waals surface area contributed by atoms with Crippen molar-refractivity contribution in [2.24, 2.45) is 0 Å². The summed E-state index contributed by atoms with van der Waals surface area (Å²) in [6.07, 6.45) is -4.54. The number of aromatic hydroxyl groups is 1. The Bertz CT molecular complexity index is 366. The van der Waals surface area contributed by atoms with E-state index in [0.29, 0.717) is 0 Å². The standard InChI is InChI=1S/C10H12F3NO/c1-9(2,3)6-4-5-7(15)14-8(6)10(11,12)13/h4-5H,1-3H3,(H,14,15). The minimum atomic E-state index is -4.54. The first-order valence-corrected chi connectivity index (χ1v) is 4.40. The number of hydrogen-bond donors (Lipinski definition) is 1. The predicted molar refractivity (Wildman–Crippen MR) is 49.6 cm³/mol. The van der Waals surface area contributed by atoms with Gasteiger partial charge in [-0.1, -0.05) is 26.8 Å². The molecule has 0 atom stereocenters. The van der Waals surface area contributed by atoms with Crippen molar-refractivity contribution in [2.75, 3.05) is 0 Å². The van der Waals surface area contributed by atoms with Crippen molar-refractivity contribution in [1.29, 1.82) is 0 Å². The van der Waals surface area contributed by atoms with Crippen LogP contribution in [0.3, 0.4) is 0 Å². The van der Waals surface area contributed by atoms with Crippen LogP contribution in [0.5, 0.6) is 5.88 Å². The summed E-state index contributed by atoms with van der Waals surface area (Å²) in [5, 5.41) is 8.96. The zero-order chi connectivity index (χ0) is 11.9. The van der Waals surface area contributed by atoms with E-state index in [1.54, 1.807) is 20.8 Å². The summed E-state index contributed by atoms with van der Waals surface area (Å²) in [6, 6.07) is 2.42. The molecule has 1 aromatic heterocycles. The van der Waals surface area contributed by atoms with Crippen LogP contribution in [0, 0.1) is 0 Å². The molecule has 0 aromatic carbocycles. The largest absolute Gasteiger partial charge is 0.493 e. The lowest BCUT2D eigenvalue weighted by atomic mass is 9.85. The van der Waals surface area contributed by atoms with Gasteiger partial charge in [0.2, 0.25) is 5.88 Å². The van der Waals surface area contributed by atoms with Gasteiger partial charge in [-0.3, -0.25) is 0 Å². The third kappa shape index (κ3) is 2.61. The summed E-state index contributed by atoms with van der Waals surface area (Å²) in [6.45, 7) is 4.99. The van der Waals surface area contributed by atoms with Crippen LogP contribution in [0.25, 0.3) is 0 Å². The molecule has 0 amide bonds. The monoisotopic (exact) mass is 219 g/mol. The van der Waals surface area contributed by atoms with Gasteiger partial charge in [0.15, 0.2) is 5.69 Å². The molecule has 1 rings (SSSR count). The van der Waals surface area contributed by atoms with E-state index >= 15 is 0 Å². The number of nitrogens with zero attached hydrogens (tertiary/aromatic N) is 1. The minimum Gasteiger partial charge on any atom is -0.493 e. The molecule has 0 radical (unpaired) electrons. The maximum absolute atomic E-state index is 12.6. The molecule has 1 N–H and O–H groups in total. The van der Waals surface area contributed by atoms with Crippen LogP contribution in [0.2, 0.25) is 0 Å². The fourth-order valence-electron chi connectivity index (χ4n) is 1.27. The van der Waals surface area contributed by atoms with E-state index in [9.17, 15) is 13.2 Å². The van der Waals surface area contributed by atoms with Gasteiger partial charge in [-0.2, -0.15) is 13.2 Å². The van der Waals surface area contributed by atoms with Crippen LogP contribution in [0.4, 0.5) is 13.2 Å². The van der Waals surface area contributed by atoms with Crippen molar-refractivity contribution in [3.05, 3.63) is 23.4 Å². The van der Waals surface area contributed by atoms with E-state index in [1.165, 1.54) is 6.07 Å². The Morgan fingerprint density at radius 2 is 1.67 bits per heavy atom. The highest BCUT2D eigenvalue weighted by Crippen LogP contribution is 2.36. The average molecular weight is 219 g/mol. The van der Waals surface area contributed by atoms with Crippen molar-refractivity contribution in [2.45, 2.75) is 32.4 Å². The lowest BCUT2D eigenvalue weighted by Gasteiger charge is -2.23. The highest BCUT2D eigenvalue weighted by molar-refractivity contribution is 5.32. The third-order valence-corrected chi connectivity index (χ3v) is 1.96. The van der Waals surface area contributed by atoms with E-state index < -0.39 is 23.2 Å². The molecular formula is C10H12F3NO. The quantitative estimate of drug-likeness (QED) is 0.727. The fraction of sp³-hybridized carbons (Fsp3) is 0.500. The van der Waals surface area contributed by atoms with Crippen molar-refractivity contribution in [3.63, 3.8) is 0 Å². The van der Waals surface area contributed by atoms with Gasteiger partial charge in [-0.05, 0) is 11.0 Å². The molecule has 0 saturated heterocycles. The number of hydrogen-bond acceptors (Lipinski definition) is 2. The van der Waals surface area contributed by atoms with Crippen LogP contribution in [0.1, 0.15) is 32.0 Å². The number of halogens is 3. The lowest BCUT2D eigenvalue weighted by molar-refractivity contribution is -0.142. The number of pyridine rings is 1. The smallest absolute Gasteiger partial charge is 0.433 e. The van der Waals surface area contributed by atoms with E-state index in [1.807, 2.05) is 0 Å². The molecule has 5 heteroatoms. The van der Waals surface area contributed by atoms with Crippen molar-refractivity contribution < 1.29 is 18.3 Å². The summed E-state index contributed by atoms with van der Waals surface area (Å²) in [5.74, 6) is -0.615. The molecule has 0 aliphatic heterocycles. The van der Waals surface area contributed by atoms with E-state index in [0.717, 1.165) is 6.07 Å². The van der Waals surface area contributed by atoms with Gasteiger partial charge in [0.05, 0.1) is 0 Å². The number of alkyl halides is 3. The molecule has 0 bridgehead atoms.